The highest BCUT2D eigenvalue weighted by Gasteiger charge is 2.11. The SMILES string of the molecule is CCC(N)Cc1cccc(Cl)c1OCCN(C)C. The second kappa shape index (κ2) is 7.62. The van der Waals surface area contributed by atoms with Crippen molar-refractivity contribution in [3.63, 3.8) is 0 Å². The van der Waals surface area contributed by atoms with Crippen molar-refractivity contribution in [3.05, 3.63) is 28.8 Å². The summed E-state index contributed by atoms with van der Waals surface area (Å²) in [6.45, 7) is 3.58. The molecule has 0 spiro atoms. The van der Waals surface area contributed by atoms with Crippen LogP contribution >= 0.6 is 11.6 Å². The van der Waals surface area contributed by atoms with E-state index in [9.17, 15) is 0 Å². The molecule has 0 radical (unpaired) electrons. The van der Waals surface area contributed by atoms with Crippen LogP contribution in [0.15, 0.2) is 18.2 Å². The molecule has 0 aliphatic carbocycles. The van der Waals surface area contributed by atoms with Crippen molar-refractivity contribution < 1.29 is 4.74 Å². The number of likely N-dealkylation sites (N-methyl/N-ethyl adjacent to an activating group) is 1. The zero-order valence-corrected chi connectivity index (χ0v) is 12.2. The van der Waals surface area contributed by atoms with Crippen molar-refractivity contribution in [1.82, 2.24) is 4.90 Å². The van der Waals surface area contributed by atoms with Crippen LogP contribution in [-0.4, -0.2) is 38.2 Å². The summed E-state index contributed by atoms with van der Waals surface area (Å²) in [5, 5.41) is 0.662. The van der Waals surface area contributed by atoms with Crippen molar-refractivity contribution in [2.24, 2.45) is 5.73 Å². The van der Waals surface area contributed by atoms with Gasteiger partial charge in [0.25, 0.3) is 0 Å². The molecule has 1 aromatic carbocycles. The summed E-state index contributed by atoms with van der Waals surface area (Å²) in [5.74, 6) is 0.782. The predicted molar refractivity (Wildman–Crippen MR) is 77.5 cm³/mol. The summed E-state index contributed by atoms with van der Waals surface area (Å²) < 4.78 is 5.79. The molecule has 0 bridgehead atoms. The molecule has 3 nitrogen and oxygen atoms in total. The Morgan fingerprint density at radius 2 is 2.11 bits per heavy atom. The van der Waals surface area contributed by atoms with Crippen molar-refractivity contribution >= 4 is 11.6 Å². The number of ether oxygens (including phenoxy) is 1. The summed E-state index contributed by atoms with van der Waals surface area (Å²) in [7, 11) is 4.04. The monoisotopic (exact) mass is 270 g/mol. The molecule has 0 aliphatic rings. The van der Waals surface area contributed by atoms with E-state index in [4.69, 9.17) is 22.1 Å². The van der Waals surface area contributed by atoms with Crippen molar-refractivity contribution in [3.8, 4) is 5.75 Å². The topological polar surface area (TPSA) is 38.5 Å². The molecule has 1 atom stereocenters. The largest absolute Gasteiger partial charge is 0.490 e. The fourth-order valence-electron chi connectivity index (χ4n) is 1.63. The molecule has 102 valence electrons. The van der Waals surface area contributed by atoms with Crippen LogP contribution in [0, 0.1) is 0 Å². The smallest absolute Gasteiger partial charge is 0.141 e. The number of nitrogens with zero attached hydrogens (tertiary/aromatic N) is 1. The van der Waals surface area contributed by atoms with Gasteiger partial charge in [-0.05, 0) is 38.6 Å². The van der Waals surface area contributed by atoms with Crippen LogP contribution in [0.4, 0.5) is 0 Å². The molecule has 0 amide bonds. The third-order valence-electron chi connectivity index (χ3n) is 2.84. The molecule has 18 heavy (non-hydrogen) atoms. The maximum atomic E-state index is 6.19. The lowest BCUT2D eigenvalue weighted by Gasteiger charge is -2.17. The van der Waals surface area contributed by atoms with E-state index in [2.05, 4.69) is 11.8 Å². The Hall–Kier alpha value is -0.770. The number of benzene rings is 1. The van der Waals surface area contributed by atoms with Gasteiger partial charge in [0.15, 0.2) is 0 Å². The third-order valence-corrected chi connectivity index (χ3v) is 3.14. The predicted octanol–water partition coefficient (Wildman–Crippen LogP) is 2.56. The number of para-hydroxylation sites is 1. The van der Waals surface area contributed by atoms with Gasteiger partial charge >= 0.3 is 0 Å². The molecule has 1 aromatic rings. The Morgan fingerprint density at radius 1 is 1.39 bits per heavy atom. The van der Waals surface area contributed by atoms with E-state index in [0.717, 1.165) is 30.7 Å². The zero-order chi connectivity index (χ0) is 13.5. The minimum atomic E-state index is 0.152. The quantitative estimate of drug-likeness (QED) is 0.828. The van der Waals surface area contributed by atoms with Crippen LogP contribution in [0.25, 0.3) is 0 Å². The molecule has 0 saturated heterocycles. The van der Waals surface area contributed by atoms with Gasteiger partial charge in [-0.3, -0.25) is 0 Å². The molecule has 0 aliphatic heterocycles. The van der Waals surface area contributed by atoms with E-state index in [1.807, 2.05) is 32.3 Å². The Labute approximate surface area is 115 Å². The van der Waals surface area contributed by atoms with Gasteiger partial charge in [-0.1, -0.05) is 30.7 Å². The van der Waals surface area contributed by atoms with Crippen molar-refractivity contribution in [1.29, 1.82) is 0 Å². The molecule has 4 heteroatoms. The van der Waals surface area contributed by atoms with Gasteiger partial charge in [0.05, 0.1) is 5.02 Å². The molecule has 0 fully saturated rings. The van der Waals surface area contributed by atoms with E-state index in [-0.39, 0.29) is 6.04 Å². The van der Waals surface area contributed by atoms with Gasteiger partial charge in [-0.15, -0.1) is 0 Å². The number of hydrogen-bond donors (Lipinski definition) is 1. The lowest BCUT2D eigenvalue weighted by atomic mass is 10.0. The maximum absolute atomic E-state index is 6.19. The van der Waals surface area contributed by atoms with E-state index in [1.165, 1.54) is 0 Å². The van der Waals surface area contributed by atoms with E-state index in [1.54, 1.807) is 0 Å². The maximum Gasteiger partial charge on any atom is 0.141 e. The van der Waals surface area contributed by atoms with E-state index < -0.39 is 0 Å². The highest BCUT2D eigenvalue weighted by atomic mass is 35.5. The molecule has 0 aromatic heterocycles. The lowest BCUT2D eigenvalue weighted by Crippen LogP contribution is -2.23. The number of nitrogens with two attached hydrogens (primary N) is 1. The number of hydrogen-bond acceptors (Lipinski definition) is 3. The van der Waals surface area contributed by atoms with Crippen molar-refractivity contribution in [2.45, 2.75) is 25.8 Å². The van der Waals surface area contributed by atoms with E-state index in [0.29, 0.717) is 11.6 Å². The number of halogens is 1. The fourth-order valence-corrected chi connectivity index (χ4v) is 1.88. The summed E-state index contributed by atoms with van der Waals surface area (Å²) >= 11 is 6.19. The average Bonchev–Trinajstić information content (AvgIpc) is 2.32. The van der Waals surface area contributed by atoms with Gasteiger partial charge < -0.3 is 15.4 Å². The molecular weight excluding hydrogens is 248 g/mol. The Morgan fingerprint density at radius 3 is 2.72 bits per heavy atom. The molecule has 1 rings (SSSR count). The van der Waals surface area contributed by atoms with Crippen LogP contribution in [-0.2, 0) is 6.42 Å². The molecule has 2 N–H and O–H groups in total. The lowest BCUT2D eigenvalue weighted by molar-refractivity contribution is 0.259. The zero-order valence-electron chi connectivity index (χ0n) is 11.4. The first-order chi connectivity index (χ1) is 8.54. The highest BCUT2D eigenvalue weighted by Crippen LogP contribution is 2.29. The Bertz CT molecular complexity index is 369. The third kappa shape index (κ3) is 4.84. The molecule has 1 unspecified atom stereocenters. The fraction of sp³-hybridized carbons (Fsp3) is 0.571. The van der Waals surface area contributed by atoms with Crippen LogP contribution in [0.3, 0.4) is 0 Å². The Balaban J connectivity index is 2.74. The van der Waals surface area contributed by atoms with Crippen LogP contribution < -0.4 is 10.5 Å². The minimum absolute atomic E-state index is 0.152. The second-order valence-corrected chi connectivity index (χ2v) is 5.16. The summed E-state index contributed by atoms with van der Waals surface area (Å²) in [4.78, 5) is 2.08. The first-order valence-corrected chi connectivity index (χ1v) is 6.72. The molecule has 0 saturated carbocycles. The first-order valence-electron chi connectivity index (χ1n) is 6.35. The Kier molecular flexibility index (Phi) is 6.47. The van der Waals surface area contributed by atoms with Gasteiger partial charge in [0.2, 0.25) is 0 Å². The number of rotatable bonds is 7. The van der Waals surface area contributed by atoms with Crippen molar-refractivity contribution in [2.75, 3.05) is 27.2 Å². The van der Waals surface area contributed by atoms with Gasteiger partial charge in [0, 0.05) is 12.6 Å². The highest BCUT2D eigenvalue weighted by molar-refractivity contribution is 6.32. The minimum Gasteiger partial charge on any atom is -0.490 e. The van der Waals surface area contributed by atoms with Gasteiger partial charge in [-0.2, -0.15) is 0 Å². The van der Waals surface area contributed by atoms with Gasteiger partial charge in [-0.25, -0.2) is 0 Å². The summed E-state index contributed by atoms with van der Waals surface area (Å²) in [6, 6.07) is 5.98. The molecule has 0 heterocycles. The summed E-state index contributed by atoms with van der Waals surface area (Å²) in [6.07, 6.45) is 1.75. The van der Waals surface area contributed by atoms with Crippen LogP contribution in [0.5, 0.6) is 5.75 Å². The first kappa shape index (κ1) is 15.3. The average molecular weight is 271 g/mol. The van der Waals surface area contributed by atoms with Crippen LogP contribution in [0.2, 0.25) is 5.02 Å². The molecular formula is C14H23ClN2O. The second-order valence-electron chi connectivity index (χ2n) is 4.75. The van der Waals surface area contributed by atoms with Crippen LogP contribution in [0.1, 0.15) is 18.9 Å². The van der Waals surface area contributed by atoms with Gasteiger partial charge in [0.1, 0.15) is 12.4 Å². The van der Waals surface area contributed by atoms with E-state index >= 15 is 0 Å². The standard InChI is InChI=1S/C14H23ClN2O/c1-4-12(16)10-11-6-5-7-13(15)14(11)18-9-8-17(2)3/h5-7,12H,4,8-10,16H2,1-3H3. The normalized spacial score (nSPS) is 12.8. The summed E-state index contributed by atoms with van der Waals surface area (Å²) in [5.41, 5.74) is 7.09.